The second kappa shape index (κ2) is 2.43. The normalized spacial score (nSPS) is 9.30. The van der Waals surface area contributed by atoms with E-state index in [4.69, 9.17) is 0 Å². The Morgan fingerprint density at radius 2 is 2.30 bits per heavy atom. The third-order valence-electron chi connectivity index (χ3n) is 0.941. The number of hydrogen-bond donors (Lipinski definition) is 0. The Kier molecular flexibility index (Phi) is 1.62. The van der Waals surface area contributed by atoms with Crippen molar-refractivity contribution >= 4 is 5.97 Å². The number of aromatic nitrogens is 1. The van der Waals surface area contributed by atoms with Crippen LogP contribution in [0.3, 0.4) is 0 Å². The molecule has 1 rings (SSSR count). The first-order valence-corrected chi connectivity index (χ1v) is 2.52. The number of carbonyl (C=O) groups is 1. The zero-order valence-corrected chi connectivity index (χ0v) is 4.87. The van der Waals surface area contributed by atoms with Crippen molar-refractivity contribution < 1.29 is 14.3 Å². The molecule has 0 radical (unpaired) electrons. The molecule has 0 fully saturated rings. The summed E-state index contributed by atoms with van der Waals surface area (Å²) in [6.45, 7) is 0. The van der Waals surface area contributed by atoms with Crippen LogP contribution in [0.15, 0.2) is 18.5 Å². The van der Waals surface area contributed by atoms with Crippen molar-refractivity contribution in [2.45, 2.75) is 0 Å². The molecular weight excluding hydrogens is 137 g/mol. The molecule has 0 saturated carbocycles. The lowest BCUT2D eigenvalue weighted by atomic mass is 10.3. The molecule has 3 nitrogen and oxygen atoms in total. The first kappa shape index (κ1) is 6.67. The Morgan fingerprint density at radius 3 is 2.70 bits per heavy atom. The van der Waals surface area contributed by atoms with Crippen LogP contribution in [0.2, 0.25) is 0 Å². The molecule has 0 aromatic carbocycles. The van der Waals surface area contributed by atoms with Crippen LogP contribution in [-0.2, 0) is 0 Å². The Morgan fingerprint density at radius 1 is 1.60 bits per heavy atom. The van der Waals surface area contributed by atoms with E-state index in [2.05, 4.69) is 4.98 Å². The SMILES string of the molecule is O=C([O-])c1cncc(F)c1. The van der Waals surface area contributed by atoms with E-state index in [9.17, 15) is 14.3 Å². The van der Waals surface area contributed by atoms with Gasteiger partial charge in [-0.05, 0) is 6.07 Å². The van der Waals surface area contributed by atoms with Crippen molar-refractivity contribution in [1.82, 2.24) is 4.98 Å². The summed E-state index contributed by atoms with van der Waals surface area (Å²) in [7, 11) is 0. The third-order valence-corrected chi connectivity index (χ3v) is 0.941. The zero-order chi connectivity index (χ0) is 7.56. The summed E-state index contributed by atoms with van der Waals surface area (Å²) in [5.74, 6) is -2.10. The van der Waals surface area contributed by atoms with Gasteiger partial charge in [-0.2, -0.15) is 0 Å². The first-order chi connectivity index (χ1) is 4.70. The van der Waals surface area contributed by atoms with Gasteiger partial charge >= 0.3 is 0 Å². The van der Waals surface area contributed by atoms with Crippen LogP contribution in [0, 0.1) is 5.82 Å². The van der Waals surface area contributed by atoms with Crippen molar-refractivity contribution in [2.24, 2.45) is 0 Å². The highest BCUT2D eigenvalue weighted by Crippen LogP contribution is 1.97. The van der Waals surface area contributed by atoms with Gasteiger partial charge in [-0.15, -0.1) is 0 Å². The molecule has 1 aromatic rings. The maximum Gasteiger partial charge on any atom is 0.142 e. The molecule has 10 heavy (non-hydrogen) atoms. The summed E-state index contributed by atoms with van der Waals surface area (Å²) >= 11 is 0. The van der Waals surface area contributed by atoms with Crippen LogP contribution in [0.4, 0.5) is 4.39 Å². The molecular formula is C6H3FNO2-. The second-order valence-corrected chi connectivity index (χ2v) is 1.68. The summed E-state index contributed by atoms with van der Waals surface area (Å²) in [4.78, 5) is 13.3. The Balaban J connectivity index is 3.07. The van der Waals surface area contributed by atoms with Gasteiger partial charge < -0.3 is 9.90 Å². The topological polar surface area (TPSA) is 53.0 Å². The lowest BCUT2D eigenvalue weighted by molar-refractivity contribution is -0.255. The Bertz CT molecular complexity index is 262. The number of nitrogens with zero attached hydrogens (tertiary/aromatic N) is 1. The third kappa shape index (κ3) is 1.28. The second-order valence-electron chi connectivity index (χ2n) is 1.68. The summed E-state index contributed by atoms with van der Waals surface area (Å²) in [5, 5.41) is 10.0. The number of carboxylic acids is 1. The number of pyridine rings is 1. The Labute approximate surface area is 56.1 Å². The van der Waals surface area contributed by atoms with E-state index in [-0.39, 0.29) is 5.56 Å². The molecule has 1 heterocycles. The molecule has 0 bridgehead atoms. The Hall–Kier alpha value is -1.45. The molecule has 0 unspecified atom stereocenters. The van der Waals surface area contributed by atoms with Crippen molar-refractivity contribution in [3.05, 3.63) is 29.8 Å². The predicted octanol–water partition coefficient (Wildman–Crippen LogP) is -0.416. The molecule has 4 heteroatoms. The lowest BCUT2D eigenvalue weighted by Gasteiger charge is -1.98. The number of aromatic carboxylic acids is 1. The van der Waals surface area contributed by atoms with Gasteiger partial charge in [-0.3, -0.25) is 4.98 Å². The summed E-state index contributed by atoms with van der Waals surface area (Å²) < 4.78 is 12.2. The molecule has 0 aliphatic heterocycles. The first-order valence-electron chi connectivity index (χ1n) is 2.52. The highest BCUT2D eigenvalue weighted by atomic mass is 19.1. The molecule has 1 aromatic heterocycles. The maximum atomic E-state index is 12.2. The fraction of sp³-hybridized carbons (Fsp3) is 0. The molecule has 52 valence electrons. The molecule has 0 aliphatic carbocycles. The standard InChI is InChI=1S/C6H4FNO2/c7-5-1-4(6(9)10)2-8-3-5/h1-3H,(H,9,10)/p-1. The number of hydrogen-bond acceptors (Lipinski definition) is 3. The van der Waals surface area contributed by atoms with Gasteiger partial charge in [0.2, 0.25) is 0 Å². The van der Waals surface area contributed by atoms with Gasteiger partial charge in [0, 0.05) is 11.8 Å². The van der Waals surface area contributed by atoms with Crippen LogP contribution < -0.4 is 5.11 Å². The molecule has 0 aliphatic rings. The average Bonchev–Trinajstić information content (AvgIpc) is 1.88. The van der Waals surface area contributed by atoms with Crippen LogP contribution >= 0.6 is 0 Å². The lowest BCUT2D eigenvalue weighted by Crippen LogP contribution is -2.22. The minimum Gasteiger partial charge on any atom is -0.545 e. The molecule has 0 saturated heterocycles. The van der Waals surface area contributed by atoms with Gasteiger partial charge in [0.05, 0.1) is 12.2 Å². The number of rotatable bonds is 1. The van der Waals surface area contributed by atoms with Gasteiger partial charge in [0.25, 0.3) is 0 Å². The smallest absolute Gasteiger partial charge is 0.142 e. The van der Waals surface area contributed by atoms with E-state index in [1.807, 2.05) is 0 Å². The quantitative estimate of drug-likeness (QED) is 0.532. The summed E-state index contributed by atoms with van der Waals surface area (Å²) in [5.41, 5.74) is -0.250. The minimum atomic E-state index is -1.42. The van der Waals surface area contributed by atoms with Crippen LogP contribution in [-0.4, -0.2) is 11.0 Å². The average molecular weight is 140 g/mol. The number of halogens is 1. The minimum absolute atomic E-state index is 0.250. The van der Waals surface area contributed by atoms with Crippen molar-refractivity contribution in [3.63, 3.8) is 0 Å². The van der Waals surface area contributed by atoms with Crippen LogP contribution in [0.1, 0.15) is 10.4 Å². The van der Waals surface area contributed by atoms with E-state index < -0.39 is 11.8 Å². The van der Waals surface area contributed by atoms with E-state index >= 15 is 0 Å². The van der Waals surface area contributed by atoms with Gasteiger partial charge in [0.15, 0.2) is 0 Å². The van der Waals surface area contributed by atoms with E-state index in [1.165, 1.54) is 0 Å². The monoisotopic (exact) mass is 140 g/mol. The fourth-order valence-electron chi connectivity index (χ4n) is 0.523. The number of carbonyl (C=O) groups excluding carboxylic acids is 1. The fourth-order valence-corrected chi connectivity index (χ4v) is 0.523. The van der Waals surface area contributed by atoms with Crippen molar-refractivity contribution in [2.75, 3.05) is 0 Å². The van der Waals surface area contributed by atoms with Gasteiger partial charge in [-0.1, -0.05) is 0 Å². The van der Waals surface area contributed by atoms with E-state index in [1.54, 1.807) is 0 Å². The van der Waals surface area contributed by atoms with Crippen LogP contribution in [0.5, 0.6) is 0 Å². The highest BCUT2D eigenvalue weighted by molar-refractivity contribution is 5.85. The summed E-state index contributed by atoms with van der Waals surface area (Å²) in [6, 6.07) is 0.850. The van der Waals surface area contributed by atoms with Gasteiger partial charge in [-0.25, -0.2) is 4.39 Å². The molecule has 0 N–H and O–H groups in total. The van der Waals surface area contributed by atoms with Crippen molar-refractivity contribution in [3.8, 4) is 0 Å². The molecule has 0 atom stereocenters. The van der Waals surface area contributed by atoms with Gasteiger partial charge in [0.1, 0.15) is 5.82 Å². The molecule has 0 amide bonds. The van der Waals surface area contributed by atoms with Crippen LogP contribution in [0.25, 0.3) is 0 Å². The predicted molar refractivity (Wildman–Crippen MR) is 28.5 cm³/mol. The zero-order valence-electron chi connectivity index (χ0n) is 4.87. The summed E-state index contributed by atoms with van der Waals surface area (Å²) in [6.07, 6.45) is 1.95. The maximum absolute atomic E-state index is 12.2. The van der Waals surface area contributed by atoms with E-state index in [0.717, 1.165) is 18.5 Å². The number of carboxylic acid groups (broad SMARTS) is 1. The molecule has 0 spiro atoms. The largest absolute Gasteiger partial charge is 0.545 e. The highest BCUT2D eigenvalue weighted by Gasteiger charge is 1.94. The van der Waals surface area contributed by atoms with Crippen molar-refractivity contribution in [1.29, 1.82) is 0 Å². The van der Waals surface area contributed by atoms with E-state index in [0.29, 0.717) is 0 Å².